The van der Waals surface area contributed by atoms with Crippen molar-refractivity contribution < 1.29 is 5.11 Å². The fourth-order valence-electron chi connectivity index (χ4n) is 1.03. The lowest BCUT2D eigenvalue weighted by molar-refractivity contribution is 0.469. The molecule has 0 aliphatic heterocycles. The minimum absolute atomic E-state index is 0.265. The number of thiophene rings is 1. The Labute approximate surface area is 90.3 Å². The maximum Gasteiger partial charge on any atom is 0.144 e. The van der Waals surface area contributed by atoms with E-state index < -0.39 is 0 Å². The zero-order chi connectivity index (χ0) is 8.72. The summed E-state index contributed by atoms with van der Waals surface area (Å²) in [4.78, 5) is 0. The van der Waals surface area contributed by atoms with Crippen LogP contribution in [0.5, 0.6) is 5.75 Å². The molecule has 2 aromatic rings. The first kappa shape index (κ1) is 8.53. The molecule has 0 saturated carbocycles. The molecule has 12 heavy (non-hydrogen) atoms. The van der Waals surface area contributed by atoms with Crippen LogP contribution in [0.3, 0.4) is 0 Å². The summed E-state index contributed by atoms with van der Waals surface area (Å²) in [6.45, 7) is 0. The lowest BCUT2D eigenvalue weighted by atomic mass is 10.2. The number of aromatic hydroxyl groups is 1. The highest BCUT2D eigenvalue weighted by atomic mass is 79.9. The first-order valence-electron chi connectivity index (χ1n) is 3.24. The van der Waals surface area contributed by atoms with Crippen molar-refractivity contribution in [2.45, 2.75) is 0 Å². The van der Waals surface area contributed by atoms with Gasteiger partial charge in [0, 0.05) is 10.1 Å². The average Bonchev–Trinajstić information content (AvgIpc) is 2.48. The zero-order valence-electron chi connectivity index (χ0n) is 5.84. The average molecular weight is 308 g/mol. The van der Waals surface area contributed by atoms with Crippen LogP contribution in [0.25, 0.3) is 10.1 Å². The first-order valence-corrected chi connectivity index (χ1v) is 5.71. The highest BCUT2D eigenvalue weighted by Crippen LogP contribution is 2.40. The Kier molecular flexibility index (Phi) is 2.14. The Morgan fingerprint density at radius 1 is 1.33 bits per heavy atom. The SMILES string of the molecule is Oc1c(Br)cc2sccc2c1Br. The predicted molar refractivity (Wildman–Crippen MR) is 58.9 cm³/mol. The Hall–Kier alpha value is -0.0600. The lowest BCUT2D eigenvalue weighted by Gasteiger charge is -2.00. The van der Waals surface area contributed by atoms with Gasteiger partial charge in [-0.3, -0.25) is 0 Å². The highest BCUT2D eigenvalue weighted by molar-refractivity contribution is 9.11. The van der Waals surface area contributed by atoms with Crippen molar-refractivity contribution in [3.8, 4) is 5.75 Å². The molecule has 0 spiro atoms. The fraction of sp³-hybridized carbons (Fsp3) is 0. The van der Waals surface area contributed by atoms with Crippen LogP contribution < -0.4 is 0 Å². The van der Waals surface area contributed by atoms with Gasteiger partial charge in [-0.1, -0.05) is 0 Å². The number of hydrogen-bond donors (Lipinski definition) is 1. The third-order valence-corrected chi connectivity index (χ3v) is 3.89. The minimum Gasteiger partial charge on any atom is -0.506 e. The second-order valence-electron chi connectivity index (χ2n) is 2.35. The van der Waals surface area contributed by atoms with Gasteiger partial charge in [0.25, 0.3) is 0 Å². The zero-order valence-corrected chi connectivity index (χ0v) is 9.83. The van der Waals surface area contributed by atoms with E-state index in [1.54, 1.807) is 11.3 Å². The van der Waals surface area contributed by atoms with Crippen molar-refractivity contribution in [2.24, 2.45) is 0 Å². The summed E-state index contributed by atoms with van der Waals surface area (Å²) in [5.74, 6) is 0.265. The molecule has 2 rings (SSSR count). The number of hydrogen-bond acceptors (Lipinski definition) is 2. The predicted octanol–water partition coefficient (Wildman–Crippen LogP) is 4.13. The summed E-state index contributed by atoms with van der Waals surface area (Å²) in [6, 6.07) is 3.90. The summed E-state index contributed by atoms with van der Waals surface area (Å²) < 4.78 is 2.64. The van der Waals surface area contributed by atoms with Crippen molar-refractivity contribution >= 4 is 53.3 Å². The second-order valence-corrected chi connectivity index (χ2v) is 4.95. The number of rotatable bonds is 0. The Bertz CT molecular complexity index is 436. The molecule has 1 aromatic carbocycles. The van der Waals surface area contributed by atoms with Crippen molar-refractivity contribution in [3.63, 3.8) is 0 Å². The topological polar surface area (TPSA) is 20.2 Å². The molecule has 1 aromatic heterocycles. The number of benzene rings is 1. The largest absolute Gasteiger partial charge is 0.506 e. The van der Waals surface area contributed by atoms with E-state index in [-0.39, 0.29) is 5.75 Å². The number of phenolic OH excluding ortho intramolecular Hbond substituents is 1. The maximum atomic E-state index is 9.53. The van der Waals surface area contributed by atoms with E-state index in [0.29, 0.717) is 0 Å². The van der Waals surface area contributed by atoms with Gasteiger partial charge in [0.1, 0.15) is 5.75 Å². The molecule has 1 nitrogen and oxygen atoms in total. The smallest absolute Gasteiger partial charge is 0.144 e. The summed E-state index contributed by atoms with van der Waals surface area (Å²) in [6.07, 6.45) is 0. The summed E-state index contributed by atoms with van der Waals surface area (Å²) >= 11 is 8.27. The Balaban J connectivity index is 2.94. The molecule has 1 N–H and O–H groups in total. The van der Waals surface area contributed by atoms with Gasteiger partial charge in [0.05, 0.1) is 8.95 Å². The van der Waals surface area contributed by atoms with Gasteiger partial charge in [-0.25, -0.2) is 0 Å². The van der Waals surface area contributed by atoms with Crippen LogP contribution >= 0.6 is 43.2 Å². The van der Waals surface area contributed by atoms with E-state index in [1.165, 1.54) is 0 Å². The second kappa shape index (κ2) is 3.01. The Morgan fingerprint density at radius 3 is 2.83 bits per heavy atom. The molecule has 1 heterocycles. The molecule has 4 heteroatoms. The molecule has 0 bridgehead atoms. The molecular weight excluding hydrogens is 304 g/mol. The first-order chi connectivity index (χ1) is 5.70. The normalized spacial score (nSPS) is 10.8. The van der Waals surface area contributed by atoms with Gasteiger partial charge in [0.15, 0.2) is 0 Å². The van der Waals surface area contributed by atoms with Gasteiger partial charge in [-0.2, -0.15) is 0 Å². The number of fused-ring (bicyclic) bond motifs is 1. The van der Waals surface area contributed by atoms with Crippen molar-refractivity contribution in [2.75, 3.05) is 0 Å². The maximum absolute atomic E-state index is 9.53. The van der Waals surface area contributed by atoms with E-state index >= 15 is 0 Å². The van der Waals surface area contributed by atoms with Crippen LogP contribution in [0.1, 0.15) is 0 Å². The molecule has 0 radical (unpaired) electrons. The van der Waals surface area contributed by atoms with Crippen LogP contribution in [0, 0.1) is 0 Å². The third-order valence-electron chi connectivity index (χ3n) is 1.62. The third kappa shape index (κ3) is 1.18. The van der Waals surface area contributed by atoms with Crippen LogP contribution in [0.4, 0.5) is 0 Å². The van der Waals surface area contributed by atoms with Gasteiger partial charge in [-0.15, -0.1) is 11.3 Å². The van der Waals surface area contributed by atoms with Gasteiger partial charge < -0.3 is 5.11 Å². The van der Waals surface area contributed by atoms with Crippen LogP contribution in [-0.4, -0.2) is 5.11 Å². The highest BCUT2D eigenvalue weighted by Gasteiger charge is 2.08. The number of halogens is 2. The molecule has 0 fully saturated rings. The van der Waals surface area contributed by atoms with Crippen molar-refractivity contribution in [1.29, 1.82) is 0 Å². The summed E-state index contributed by atoms with van der Waals surface area (Å²) in [5, 5.41) is 12.6. The van der Waals surface area contributed by atoms with Crippen LogP contribution in [-0.2, 0) is 0 Å². The molecule has 0 amide bonds. The molecule has 0 saturated heterocycles. The van der Waals surface area contributed by atoms with E-state index in [2.05, 4.69) is 31.9 Å². The summed E-state index contributed by atoms with van der Waals surface area (Å²) in [5.41, 5.74) is 0. The van der Waals surface area contributed by atoms with E-state index in [4.69, 9.17) is 0 Å². The molecule has 0 aliphatic carbocycles. The Morgan fingerprint density at radius 2 is 2.08 bits per heavy atom. The molecule has 0 atom stereocenters. The summed E-state index contributed by atoms with van der Waals surface area (Å²) in [7, 11) is 0. The van der Waals surface area contributed by atoms with Crippen LogP contribution in [0.15, 0.2) is 26.5 Å². The molecular formula is C8H4Br2OS. The quantitative estimate of drug-likeness (QED) is 0.776. The van der Waals surface area contributed by atoms with Gasteiger partial charge in [0.2, 0.25) is 0 Å². The standard InChI is InChI=1S/C8H4Br2OS/c9-5-3-6-4(1-2-12-6)7(10)8(5)11/h1-3,11H. The number of phenols is 1. The molecule has 0 aliphatic rings. The fourth-order valence-corrected chi connectivity index (χ4v) is 3.40. The molecule has 0 unspecified atom stereocenters. The molecule has 62 valence electrons. The van der Waals surface area contributed by atoms with Crippen molar-refractivity contribution in [3.05, 3.63) is 26.5 Å². The van der Waals surface area contributed by atoms with E-state index in [0.717, 1.165) is 19.0 Å². The lowest BCUT2D eigenvalue weighted by Crippen LogP contribution is -1.72. The monoisotopic (exact) mass is 306 g/mol. The van der Waals surface area contributed by atoms with Gasteiger partial charge in [-0.05, 0) is 49.4 Å². The van der Waals surface area contributed by atoms with E-state index in [1.807, 2.05) is 17.5 Å². The minimum atomic E-state index is 0.265. The van der Waals surface area contributed by atoms with Gasteiger partial charge >= 0.3 is 0 Å². The van der Waals surface area contributed by atoms with E-state index in [9.17, 15) is 5.11 Å². The van der Waals surface area contributed by atoms with Crippen LogP contribution in [0.2, 0.25) is 0 Å². The van der Waals surface area contributed by atoms with Crippen molar-refractivity contribution in [1.82, 2.24) is 0 Å².